The fraction of sp³-hybridized carbons (Fsp3) is 0. The molecule has 2 aromatic carbocycles. The van der Waals surface area contributed by atoms with Gasteiger partial charge in [0.15, 0.2) is 0 Å². The van der Waals surface area contributed by atoms with Crippen LogP contribution >= 0.6 is 0 Å². The van der Waals surface area contributed by atoms with Gasteiger partial charge in [0.05, 0.1) is 0 Å². The Morgan fingerprint density at radius 2 is 1.00 bits per heavy atom. The summed E-state index contributed by atoms with van der Waals surface area (Å²) in [4.78, 5) is 0. The number of rotatable bonds is 4. The van der Waals surface area contributed by atoms with Crippen LogP contribution in [-0.2, 0) is 26.2 Å². The third-order valence-corrected chi connectivity index (χ3v) is 3.46. The van der Waals surface area contributed by atoms with E-state index in [9.17, 15) is 0 Å². The first-order valence-corrected chi connectivity index (χ1v) is 8.88. The zero-order valence-electron chi connectivity index (χ0n) is 15.9. The Kier molecular flexibility index (Phi) is 14.6. The topological polar surface area (TPSA) is 14.1 Å². The molecule has 0 N–H and O–H groups in total. The molecular formula is C26H24NZr+2. The number of nitrogens with zero attached hydrogens (tertiary/aromatic N) is 1. The monoisotopic (exact) mass is 440 g/mol. The van der Waals surface area contributed by atoms with Crippen LogP contribution < -0.4 is 0 Å². The number of hydrogen-bond donors (Lipinski definition) is 0. The summed E-state index contributed by atoms with van der Waals surface area (Å²) >= 11 is 0. The molecule has 0 unspecified atom stereocenters. The van der Waals surface area contributed by atoms with Gasteiger partial charge in [-0.2, -0.15) is 0 Å². The van der Waals surface area contributed by atoms with Gasteiger partial charge in [-0.3, -0.25) is 0 Å². The van der Waals surface area contributed by atoms with Crippen molar-refractivity contribution in [2.45, 2.75) is 0 Å². The molecule has 1 nitrogen and oxygen atoms in total. The van der Waals surface area contributed by atoms with Gasteiger partial charge in [0.2, 0.25) is 0 Å². The predicted octanol–water partition coefficient (Wildman–Crippen LogP) is 6.96. The Labute approximate surface area is 191 Å². The average molecular weight is 442 g/mol. The molecule has 28 heavy (non-hydrogen) atoms. The zero-order chi connectivity index (χ0) is 19.0. The van der Waals surface area contributed by atoms with Gasteiger partial charge < -0.3 is 5.32 Å². The molecular weight excluding hydrogens is 418 g/mol. The van der Waals surface area contributed by atoms with E-state index < -0.39 is 0 Å². The number of para-hydroxylation sites is 1. The van der Waals surface area contributed by atoms with E-state index in [1.807, 2.05) is 131 Å². The first-order valence-electron chi connectivity index (χ1n) is 8.88. The van der Waals surface area contributed by atoms with Crippen LogP contribution in [-0.4, -0.2) is 0 Å². The van der Waals surface area contributed by atoms with Crippen LogP contribution in [0.3, 0.4) is 0 Å². The van der Waals surface area contributed by atoms with E-state index in [4.69, 9.17) is 0 Å². The maximum absolute atomic E-state index is 4.61. The molecule has 2 saturated carbocycles. The second-order valence-electron chi connectivity index (χ2n) is 5.53. The van der Waals surface area contributed by atoms with Crippen LogP contribution in [0.5, 0.6) is 0 Å². The van der Waals surface area contributed by atoms with Gasteiger partial charge in [-0.1, -0.05) is 79.4 Å². The Balaban J connectivity index is 0.000000290. The van der Waals surface area contributed by atoms with E-state index in [0.717, 1.165) is 16.9 Å². The third-order valence-electron chi connectivity index (χ3n) is 3.46. The van der Waals surface area contributed by atoms with Crippen molar-refractivity contribution < 1.29 is 26.2 Å². The Morgan fingerprint density at radius 3 is 1.39 bits per heavy atom. The molecule has 0 spiro atoms. The molecule has 0 aromatic heterocycles. The number of benzene rings is 2. The van der Waals surface area contributed by atoms with E-state index in [2.05, 4.69) is 11.9 Å². The third kappa shape index (κ3) is 10.8. The fourth-order valence-corrected chi connectivity index (χ4v) is 2.20. The summed E-state index contributed by atoms with van der Waals surface area (Å²) in [6.07, 6.45) is 23.7. The summed E-state index contributed by atoms with van der Waals surface area (Å²) in [5, 5.41) is 4.61. The molecule has 135 valence electrons. The molecule has 0 bridgehead atoms. The molecule has 4 rings (SSSR count). The van der Waals surface area contributed by atoms with Gasteiger partial charge in [0.25, 0.3) is 0 Å². The van der Waals surface area contributed by atoms with E-state index in [1.165, 1.54) is 0 Å². The maximum atomic E-state index is 4.61. The largest absolute Gasteiger partial charge is 3.00 e. The average Bonchev–Trinajstić information content (AvgIpc) is 3.48. The van der Waals surface area contributed by atoms with Crippen molar-refractivity contribution >= 4 is 11.4 Å². The van der Waals surface area contributed by atoms with Crippen LogP contribution in [0, 0.1) is 64.2 Å². The molecule has 0 aliphatic heterocycles. The van der Waals surface area contributed by atoms with Crippen LogP contribution in [0.25, 0.3) is 11.0 Å². The number of hydrogen-bond acceptors (Lipinski definition) is 0. The Bertz CT molecular complexity index is 615. The van der Waals surface area contributed by atoms with E-state index in [-0.39, 0.29) is 26.2 Å². The van der Waals surface area contributed by atoms with Crippen molar-refractivity contribution in [1.82, 2.24) is 0 Å². The minimum absolute atomic E-state index is 0. The van der Waals surface area contributed by atoms with Crippen molar-refractivity contribution in [2.75, 3.05) is 0 Å². The second kappa shape index (κ2) is 16.5. The summed E-state index contributed by atoms with van der Waals surface area (Å²) in [6.45, 7) is 3.73. The van der Waals surface area contributed by atoms with E-state index in [1.54, 1.807) is 6.08 Å². The van der Waals surface area contributed by atoms with Gasteiger partial charge in [-0.15, -0.1) is 11.4 Å². The molecule has 2 fully saturated rings. The molecule has 2 heteroatoms. The Morgan fingerprint density at radius 1 is 0.607 bits per heavy atom. The summed E-state index contributed by atoms with van der Waals surface area (Å²) < 4.78 is 0. The fourth-order valence-electron chi connectivity index (χ4n) is 2.20. The van der Waals surface area contributed by atoms with E-state index >= 15 is 0 Å². The van der Waals surface area contributed by atoms with Crippen molar-refractivity contribution in [3.8, 4) is 0 Å². The molecule has 0 amide bonds. The Hall–Kier alpha value is -1.40. The molecule has 11 radical (unpaired) electrons. The number of allylic oxidation sites excluding steroid dienone is 2. The van der Waals surface area contributed by atoms with Gasteiger partial charge in [0, 0.05) is 0 Å². The first kappa shape index (κ1) is 24.6. The summed E-state index contributed by atoms with van der Waals surface area (Å²) in [7, 11) is 0. The quantitative estimate of drug-likeness (QED) is 0.455. The van der Waals surface area contributed by atoms with Crippen molar-refractivity contribution in [3.05, 3.63) is 154 Å². The van der Waals surface area contributed by atoms with Gasteiger partial charge >= 0.3 is 26.2 Å². The first-order chi connectivity index (χ1) is 13.4. The SMILES string of the molecule is C=C/C=C(\[N-]c1ccccc1)c1ccccc1.[CH]1[CH][CH][CH][CH]1.[CH]1[CH][CH][CH][CH]1.[Zr+3]. The van der Waals surface area contributed by atoms with Gasteiger partial charge in [-0.25, -0.2) is 0 Å². The standard InChI is InChI=1S/C16H14N.2C5H5.Zr/c1-2-9-16(14-10-5-3-6-11-14)17-15-12-7-4-8-13-15;2*1-2-4-5-3-1;/h2-13H,1H2;2*1-5H;/q-1;;;+3/b16-9-;;;. The van der Waals surface area contributed by atoms with Crippen molar-refractivity contribution in [1.29, 1.82) is 0 Å². The minimum atomic E-state index is 0. The molecule has 0 saturated heterocycles. The van der Waals surface area contributed by atoms with Crippen LogP contribution in [0.2, 0.25) is 0 Å². The second-order valence-corrected chi connectivity index (χ2v) is 5.53. The molecule has 2 aliphatic rings. The minimum Gasteiger partial charge on any atom is -0.657 e. The van der Waals surface area contributed by atoms with Gasteiger partial charge in [0.1, 0.15) is 0 Å². The molecule has 2 aliphatic carbocycles. The van der Waals surface area contributed by atoms with Gasteiger partial charge in [-0.05, 0) is 69.8 Å². The van der Waals surface area contributed by atoms with Crippen LogP contribution in [0.15, 0.2) is 79.4 Å². The zero-order valence-corrected chi connectivity index (χ0v) is 18.3. The van der Waals surface area contributed by atoms with Crippen molar-refractivity contribution in [2.24, 2.45) is 0 Å². The van der Waals surface area contributed by atoms with E-state index in [0.29, 0.717) is 0 Å². The maximum Gasteiger partial charge on any atom is 3.00 e. The predicted molar refractivity (Wildman–Crippen MR) is 117 cm³/mol. The normalized spacial score (nSPS) is 15.2. The van der Waals surface area contributed by atoms with Crippen LogP contribution in [0.1, 0.15) is 5.56 Å². The summed E-state index contributed by atoms with van der Waals surface area (Å²) in [5.41, 5.74) is 2.97. The molecule has 0 atom stereocenters. The van der Waals surface area contributed by atoms with Crippen LogP contribution in [0.4, 0.5) is 5.69 Å². The smallest absolute Gasteiger partial charge is 0.657 e. The molecule has 2 aromatic rings. The summed E-state index contributed by atoms with van der Waals surface area (Å²) in [6, 6.07) is 20.0. The summed E-state index contributed by atoms with van der Waals surface area (Å²) in [5.74, 6) is 0. The van der Waals surface area contributed by atoms with Crippen molar-refractivity contribution in [3.63, 3.8) is 0 Å². The molecule has 0 heterocycles.